The van der Waals surface area contributed by atoms with Crippen molar-refractivity contribution in [2.45, 2.75) is 13.5 Å². The fraction of sp³-hybridized carbons (Fsp3) is 0.267. The van der Waals surface area contributed by atoms with Gasteiger partial charge in [0.2, 0.25) is 0 Å². The normalized spacial score (nSPS) is 13.1. The predicted molar refractivity (Wildman–Crippen MR) is 72.0 cm³/mol. The van der Waals surface area contributed by atoms with Gasteiger partial charge in [-0.2, -0.15) is 0 Å². The fourth-order valence-electron chi connectivity index (χ4n) is 2.02. The molecular weight excluding hydrogens is 258 g/mol. The SMILES string of the molecule is Cc1ccc(C(=O)NCc2ccc3c(c2)OCCO3)o1. The van der Waals surface area contributed by atoms with E-state index < -0.39 is 0 Å². The molecular formula is C15H15NO4. The first-order chi connectivity index (χ1) is 9.72. The van der Waals surface area contributed by atoms with Gasteiger partial charge in [0.25, 0.3) is 5.91 Å². The minimum absolute atomic E-state index is 0.229. The number of hydrogen-bond donors (Lipinski definition) is 1. The van der Waals surface area contributed by atoms with E-state index in [9.17, 15) is 4.79 Å². The van der Waals surface area contributed by atoms with Gasteiger partial charge >= 0.3 is 0 Å². The molecule has 2 heterocycles. The summed E-state index contributed by atoms with van der Waals surface area (Å²) in [5.41, 5.74) is 0.950. The summed E-state index contributed by atoms with van der Waals surface area (Å²) < 4.78 is 16.2. The standard InChI is InChI=1S/C15H15NO4/c1-10-2-4-13(20-10)15(17)16-9-11-3-5-12-14(8-11)19-7-6-18-12/h2-5,8H,6-7,9H2,1H3,(H,16,17). The lowest BCUT2D eigenvalue weighted by atomic mass is 10.2. The zero-order chi connectivity index (χ0) is 13.9. The first-order valence-corrected chi connectivity index (χ1v) is 6.45. The number of ether oxygens (including phenoxy) is 2. The van der Waals surface area contributed by atoms with Crippen LogP contribution in [0.15, 0.2) is 34.7 Å². The zero-order valence-electron chi connectivity index (χ0n) is 11.1. The summed E-state index contributed by atoms with van der Waals surface area (Å²) in [5.74, 6) is 2.27. The predicted octanol–water partition coefficient (Wildman–Crippen LogP) is 2.29. The quantitative estimate of drug-likeness (QED) is 0.932. The molecule has 0 radical (unpaired) electrons. The number of aryl methyl sites for hydroxylation is 1. The number of furan rings is 1. The van der Waals surface area contributed by atoms with Gasteiger partial charge in [0.15, 0.2) is 17.3 Å². The van der Waals surface area contributed by atoms with Crippen molar-refractivity contribution in [2.24, 2.45) is 0 Å². The highest BCUT2D eigenvalue weighted by Gasteiger charge is 2.13. The Morgan fingerprint density at radius 1 is 1.15 bits per heavy atom. The van der Waals surface area contributed by atoms with Crippen LogP contribution in [-0.2, 0) is 6.54 Å². The Kier molecular flexibility index (Phi) is 3.33. The van der Waals surface area contributed by atoms with E-state index in [4.69, 9.17) is 13.9 Å². The number of rotatable bonds is 3. The van der Waals surface area contributed by atoms with E-state index in [1.807, 2.05) is 18.2 Å². The topological polar surface area (TPSA) is 60.7 Å². The van der Waals surface area contributed by atoms with E-state index in [0.717, 1.165) is 22.8 Å². The number of hydrogen-bond acceptors (Lipinski definition) is 4. The summed E-state index contributed by atoms with van der Waals surface area (Å²) in [7, 11) is 0. The van der Waals surface area contributed by atoms with Crippen molar-refractivity contribution < 1.29 is 18.7 Å². The lowest BCUT2D eigenvalue weighted by Gasteiger charge is -2.18. The lowest BCUT2D eigenvalue weighted by molar-refractivity contribution is 0.0921. The van der Waals surface area contributed by atoms with Crippen molar-refractivity contribution >= 4 is 5.91 Å². The molecule has 0 atom stereocenters. The molecule has 1 N–H and O–H groups in total. The molecule has 0 saturated carbocycles. The van der Waals surface area contributed by atoms with Crippen LogP contribution in [0.1, 0.15) is 21.9 Å². The van der Waals surface area contributed by atoms with Gasteiger partial charge < -0.3 is 19.2 Å². The molecule has 20 heavy (non-hydrogen) atoms. The molecule has 0 unspecified atom stereocenters. The molecule has 0 saturated heterocycles. The van der Waals surface area contributed by atoms with E-state index in [-0.39, 0.29) is 5.91 Å². The maximum absolute atomic E-state index is 11.9. The third kappa shape index (κ3) is 2.61. The van der Waals surface area contributed by atoms with Crippen LogP contribution < -0.4 is 14.8 Å². The van der Waals surface area contributed by atoms with Crippen molar-refractivity contribution in [3.63, 3.8) is 0 Å². The highest BCUT2D eigenvalue weighted by atomic mass is 16.6. The summed E-state index contributed by atoms with van der Waals surface area (Å²) in [6, 6.07) is 9.06. The Hall–Kier alpha value is -2.43. The minimum atomic E-state index is -0.229. The van der Waals surface area contributed by atoms with Crippen molar-refractivity contribution in [3.8, 4) is 11.5 Å². The second kappa shape index (κ2) is 5.28. The molecule has 1 aliphatic rings. The second-order valence-electron chi connectivity index (χ2n) is 4.57. The molecule has 1 amide bonds. The smallest absolute Gasteiger partial charge is 0.287 e. The van der Waals surface area contributed by atoms with Crippen molar-refractivity contribution in [2.75, 3.05) is 13.2 Å². The summed E-state index contributed by atoms with van der Waals surface area (Å²) >= 11 is 0. The lowest BCUT2D eigenvalue weighted by Crippen LogP contribution is -2.22. The van der Waals surface area contributed by atoms with Gasteiger partial charge in [-0.3, -0.25) is 4.79 Å². The molecule has 5 nitrogen and oxygen atoms in total. The molecule has 0 aliphatic carbocycles. The molecule has 0 fully saturated rings. The molecule has 104 valence electrons. The first-order valence-electron chi connectivity index (χ1n) is 6.45. The molecule has 2 aromatic rings. The Balaban J connectivity index is 1.65. The van der Waals surface area contributed by atoms with Gasteiger partial charge in [-0.05, 0) is 36.8 Å². The number of amides is 1. The second-order valence-corrected chi connectivity index (χ2v) is 4.57. The Morgan fingerprint density at radius 2 is 1.95 bits per heavy atom. The van der Waals surface area contributed by atoms with E-state index in [2.05, 4.69) is 5.32 Å². The fourth-order valence-corrected chi connectivity index (χ4v) is 2.02. The average molecular weight is 273 g/mol. The largest absolute Gasteiger partial charge is 0.486 e. The minimum Gasteiger partial charge on any atom is -0.486 e. The molecule has 0 bridgehead atoms. The Bertz CT molecular complexity index is 633. The number of benzene rings is 1. The molecule has 1 aliphatic heterocycles. The summed E-state index contributed by atoms with van der Waals surface area (Å²) in [6.07, 6.45) is 0. The number of carbonyl (C=O) groups is 1. The van der Waals surface area contributed by atoms with Crippen LogP contribution >= 0.6 is 0 Å². The van der Waals surface area contributed by atoms with Crippen LogP contribution in [0.5, 0.6) is 11.5 Å². The monoisotopic (exact) mass is 273 g/mol. The third-order valence-corrected chi connectivity index (χ3v) is 3.02. The molecule has 0 spiro atoms. The molecule has 5 heteroatoms. The van der Waals surface area contributed by atoms with Crippen molar-refractivity contribution in [3.05, 3.63) is 47.4 Å². The van der Waals surface area contributed by atoms with Gasteiger partial charge in [-0.1, -0.05) is 6.07 Å². The summed E-state index contributed by atoms with van der Waals surface area (Å²) in [4.78, 5) is 11.9. The van der Waals surface area contributed by atoms with Gasteiger partial charge in [-0.15, -0.1) is 0 Å². The maximum Gasteiger partial charge on any atom is 0.287 e. The number of carbonyl (C=O) groups excluding carboxylic acids is 1. The first kappa shape index (κ1) is 12.6. The highest BCUT2D eigenvalue weighted by molar-refractivity contribution is 5.91. The maximum atomic E-state index is 11.9. The van der Waals surface area contributed by atoms with Crippen LogP contribution in [-0.4, -0.2) is 19.1 Å². The van der Waals surface area contributed by atoms with E-state index in [1.54, 1.807) is 19.1 Å². The van der Waals surface area contributed by atoms with E-state index >= 15 is 0 Å². The van der Waals surface area contributed by atoms with Gasteiger partial charge in [-0.25, -0.2) is 0 Å². The average Bonchev–Trinajstić information content (AvgIpc) is 2.91. The van der Waals surface area contributed by atoms with Crippen LogP contribution in [0.2, 0.25) is 0 Å². The van der Waals surface area contributed by atoms with Gasteiger partial charge in [0.05, 0.1) is 0 Å². The number of nitrogens with one attached hydrogen (secondary N) is 1. The summed E-state index contributed by atoms with van der Waals surface area (Å²) in [6.45, 7) is 3.34. The molecule has 3 rings (SSSR count). The van der Waals surface area contributed by atoms with Crippen LogP contribution in [0.3, 0.4) is 0 Å². The number of fused-ring (bicyclic) bond motifs is 1. The van der Waals surface area contributed by atoms with E-state index in [1.165, 1.54) is 0 Å². The van der Waals surface area contributed by atoms with E-state index in [0.29, 0.717) is 25.5 Å². The third-order valence-electron chi connectivity index (χ3n) is 3.02. The molecule has 1 aromatic carbocycles. The van der Waals surface area contributed by atoms with Gasteiger partial charge in [0.1, 0.15) is 19.0 Å². The van der Waals surface area contributed by atoms with Gasteiger partial charge in [0, 0.05) is 6.54 Å². The molecule has 1 aromatic heterocycles. The highest BCUT2D eigenvalue weighted by Crippen LogP contribution is 2.30. The Morgan fingerprint density at radius 3 is 2.70 bits per heavy atom. The zero-order valence-corrected chi connectivity index (χ0v) is 11.1. The van der Waals surface area contributed by atoms with Crippen molar-refractivity contribution in [1.82, 2.24) is 5.32 Å². The van der Waals surface area contributed by atoms with Crippen LogP contribution in [0.25, 0.3) is 0 Å². The van der Waals surface area contributed by atoms with Crippen LogP contribution in [0, 0.1) is 6.92 Å². The summed E-state index contributed by atoms with van der Waals surface area (Å²) in [5, 5.41) is 2.81. The Labute approximate surface area is 116 Å². The van der Waals surface area contributed by atoms with Crippen molar-refractivity contribution in [1.29, 1.82) is 0 Å². The van der Waals surface area contributed by atoms with Crippen LogP contribution in [0.4, 0.5) is 0 Å².